The second-order valence-corrected chi connectivity index (χ2v) is 4.09. The molecule has 1 N–H and O–H groups in total. The highest BCUT2D eigenvalue weighted by molar-refractivity contribution is 5.89. The van der Waals surface area contributed by atoms with Crippen LogP contribution in [0.5, 0.6) is 0 Å². The molecule has 3 atom stereocenters. The number of carbonyl (C=O) groups is 1. The molecule has 0 spiro atoms. The summed E-state index contributed by atoms with van der Waals surface area (Å²) in [5, 5.41) is 9.79. The van der Waals surface area contributed by atoms with Gasteiger partial charge < -0.3 is 14.6 Å². The maximum absolute atomic E-state index is 11.5. The minimum Gasteiger partial charge on any atom is -0.472 e. The highest BCUT2D eigenvalue weighted by Crippen LogP contribution is 2.43. The van der Waals surface area contributed by atoms with E-state index in [9.17, 15) is 9.90 Å². The molecule has 88 valence electrons. The van der Waals surface area contributed by atoms with Crippen molar-refractivity contribution < 1.29 is 19.4 Å². The average molecular weight is 224 g/mol. The number of allylic oxidation sites excluding steroid dienone is 1. The fourth-order valence-electron chi connectivity index (χ4n) is 2.53. The van der Waals surface area contributed by atoms with Crippen molar-refractivity contribution in [1.29, 1.82) is 0 Å². The number of ether oxygens (including phenoxy) is 2. The summed E-state index contributed by atoms with van der Waals surface area (Å²) in [5.41, 5.74) is 1.68. The van der Waals surface area contributed by atoms with Gasteiger partial charge in [-0.05, 0) is 12.8 Å². The summed E-state index contributed by atoms with van der Waals surface area (Å²) in [6, 6.07) is 0. The lowest BCUT2D eigenvalue weighted by Gasteiger charge is -2.31. The van der Waals surface area contributed by atoms with Crippen LogP contribution in [0.25, 0.3) is 0 Å². The van der Waals surface area contributed by atoms with Crippen LogP contribution in [0.3, 0.4) is 0 Å². The van der Waals surface area contributed by atoms with Crippen LogP contribution in [0.1, 0.15) is 19.8 Å². The van der Waals surface area contributed by atoms with E-state index in [1.807, 2.05) is 6.92 Å². The van der Waals surface area contributed by atoms with Crippen LogP contribution in [0.2, 0.25) is 0 Å². The first-order chi connectivity index (χ1) is 7.69. The third-order valence-electron chi connectivity index (χ3n) is 3.37. The monoisotopic (exact) mass is 224 g/mol. The molecule has 0 aromatic heterocycles. The minimum absolute atomic E-state index is 0.00569. The Balaban J connectivity index is 2.26. The van der Waals surface area contributed by atoms with Crippen molar-refractivity contribution in [3.05, 3.63) is 23.5 Å². The molecule has 0 aromatic rings. The normalized spacial score (nSPS) is 32.3. The van der Waals surface area contributed by atoms with Crippen LogP contribution in [-0.4, -0.2) is 24.5 Å². The molecule has 1 aliphatic heterocycles. The van der Waals surface area contributed by atoms with E-state index in [4.69, 9.17) is 9.47 Å². The van der Waals surface area contributed by atoms with E-state index in [-0.39, 0.29) is 17.8 Å². The van der Waals surface area contributed by atoms with Crippen LogP contribution in [-0.2, 0) is 14.3 Å². The number of hydrogen-bond donors (Lipinski definition) is 1. The molecule has 0 radical (unpaired) electrons. The van der Waals surface area contributed by atoms with Gasteiger partial charge in [-0.2, -0.15) is 0 Å². The van der Waals surface area contributed by atoms with Gasteiger partial charge in [-0.15, -0.1) is 0 Å². The summed E-state index contributed by atoms with van der Waals surface area (Å²) >= 11 is 0. The van der Waals surface area contributed by atoms with Gasteiger partial charge in [-0.3, -0.25) is 0 Å². The maximum Gasteiger partial charge on any atom is 0.337 e. The number of carbonyl (C=O) groups excluding carboxylic acids is 1. The summed E-state index contributed by atoms with van der Waals surface area (Å²) in [7, 11) is 1.35. The van der Waals surface area contributed by atoms with E-state index < -0.39 is 6.29 Å². The fraction of sp³-hybridized carbons (Fsp3) is 0.583. The SMILES string of the molecule is CCC1=CC[C@@H]2C(C(=O)OC)=CO[C@H](O)[C@@H]12. The lowest BCUT2D eigenvalue weighted by atomic mass is 9.83. The molecule has 2 rings (SSSR count). The summed E-state index contributed by atoms with van der Waals surface area (Å²) in [6.45, 7) is 2.04. The molecular formula is C12H16O4. The van der Waals surface area contributed by atoms with Crippen LogP contribution in [0.4, 0.5) is 0 Å². The number of rotatable bonds is 2. The molecule has 0 saturated heterocycles. The summed E-state index contributed by atoms with van der Waals surface area (Å²) in [6.07, 6.45) is 4.23. The highest BCUT2D eigenvalue weighted by Gasteiger charge is 2.42. The van der Waals surface area contributed by atoms with Crippen molar-refractivity contribution in [2.24, 2.45) is 11.8 Å². The Morgan fingerprint density at radius 1 is 1.69 bits per heavy atom. The molecule has 1 aliphatic carbocycles. The van der Waals surface area contributed by atoms with Gasteiger partial charge in [0.1, 0.15) is 0 Å². The molecule has 4 nitrogen and oxygen atoms in total. The zero-order chi connectivity index (χ0) is 11.7. The first kappa shape index (κ1) is 11.2. The quantitative estimate of drug-likeness (QED) is 0.568. The molecule has 1 heterocycles. The van der Waals surface area contributed by atoms with Gasteiger partial charge >= 0.3 is 5.97 Å². The zero-order valence-electron chi connectivity index (χ0n) is 9.47. The van der Waals surface area contributed by atoms with Crippen LogP contribution in [0.15, 0.2) is 23.5 Å². The Morgan fingerprint density at radius 3 is 3.06 bits per heavy atom. The molecule has 16 heavy (non-hydrogen) atoms. The third-order valence-corrected chi connectivity index (χ3v) is 3.37. The Morgan fingerprint density at radius 2 is 2.44 bits per heavy atom. The Hall–Kier alpha value is -1.29. The second kappa shape index (κ2) is 4.29. The van der Waals surface area contributed by atoms with Crippen molar-refractivity contribution in [2.45, 2.75) is 26.1 Å². The summed E-state index contributed by atoms with van der Waals surface area (Å²) < 4.78 is 9.82. The molecule has 0 amide bonds. The van der Waals surface area contributed by atoms with Gasteiger partial charge in [0.15, 0.2) is 0 Å². The van der Waals surface area contributed by atoms with Crippen molar-refractivity contribution >= 4 is 5.97 Å². The van der Waals surface area contributed by atoms with E-state index in [0.29, 0.717) is 5.57 Å². The zero-order valence-corrected chi connectivity index (χ0v) is 9.47. The number of esters is 1. The molecular weight excluding hydrogens is 208 g/mol. The van der Waals surface area contributed by atoms with Crippen molar-refractivity contribution in [3.8, 4) is 0 Å². The van der Waals surface area contributed by atoms with E-state index in [0.717, 1.165) is 18.4 Å². The van der Waals surface area contributed by atoms with E-state index in [1.54, 1.807) is 0 Å². The highest BCUT2D eigenvalue weighted by atomic mass is 16.6. The average Bonchev–Trinajstić information content (AvgIpc) is 2.73. The second-order valence-electron chi connectivity index (χ2n) is 4.09. The van der Waals surface area contributed by atoms with Crippen molar-refractivity contribution in [1.82, 2.24) is 0 Å². The Labute approximate surface area is 94.5 Å². The number of methoxy groups -OCH3 is 1. The molecule has 0 saturated carbocycles. The van der Waals surface area contributed by atoms with Crippen LogP contribution in [0, 0.1) is 11.8 Å². The predicted molar refractivity (Wildman–Crippen MR) is 57.2 cm³/mol. The Bertz CT molecular complexity index is 356. The standard InChI is InChI=1S/C12H16O4/c1-3-7-4-5-8-9(11(13)15-2)6-16-12(14)10(7)8/h4,6,8,10,12,14H,3,5H2,1-2H3/t8-,10+,12+/m1/s1. The molecule has 2 aliphatic rings. The number of hydrogen-bond acceptors (Lipinski definition) is 4. The van der Waals surface area contributed by atoms with Gasteiger partial charge in [-0.25, -0.2) is 4.79 Å². The van der Waals surface area contributed by atoms with Gasteiger partial charge in [0.2, 0.25) is 6.29 Å². The van der Waals surface area contributed by atoms with Crippen molar-refractivity contribution in [2.75, 3.05) is 7.11 Å². The molecule has 0 aromatic carbocycles. The lowest BCUT2D eigenvalue weighted by molar-refractivity contribution is -0.141. The van der Waals surface area contributed by atoms with Crippen LogP contribution >= 0.6 is 0 Å². The first-order valence-corrected chi connectivity index (χ1v) is 5.49. The first-order valence-electron chi connectivity index (χ1n) is 5.49. The van der Waals surface area contributed by atoms with Gasteiger partial charge in [0.05, 0.1) is 18.9 Å². The smallest absolute Gasteiger partial charge is 0.337 e. The number of aliphatic hydroxyl groups is 1. The molecule has 0 bridgehead atoms. The lowest BCUT2D eigenvalue weighted by Crippen LogP contribution is -2.34. The van der Waals surface area contributed by atoms with Gasteiger partial charge in [-0.1, -0.05) is 18.6 Å². The summed E-state index contributed by atoms with van der Waals surface area (Å²) in [5.74, 6) is -0.456. The predicted octanol–water partition coefficient (Wildman–Crippen LogP) is 1.36. The number of fused-ring (bicyclic) bond motifs is 1. The molecule has 4 heteroatoms. The molecule has 0 unspecified atom stereocenters. The minimum atomic E-state index is -0.841. The fourth-order valence-corrected chi connectivity index (χ4v) is 2.53. The topological polar surface area (TPSA) is 55.8 Å². The van der Waals surface area contributed by atoms with E-state index >= 15 is 0 Å². The number of aliphatic hydroxyl groups excluding tert-OH is 1. The van der Waals surface area contributed by atoms with E-state index in [1.165, 1.54) is 13.4 Å². The van der Waals surface area contributed by atoms with E-state index in [2.05, 4.69) is 6.08 Å². The molecule has 0 fully saturated rings. The van der Waals surface area contributed by atoms with Gasteiger partial charge in [0.25, 0.3) is 0 Å². The summed E-state index contributed by atoms with van der Waals surface area (Å²) in [4.78, 5) is 11.5. The van der Waals surface area contributed by atoms with Crippen molar-refractivity contribution in [3.63, 3.8) is 0 Å². The third kappa shape index (κ3) is 1.63. The van der Waals surface area contributed by atoms with Crippen LogP contribution < -0.4 is 0 Å². The Kier molecular flexibility index (Phi) is 3.01. The maximum atomic E-state index is 11.5. The van der Waals surface area contributed by atoms with Gasteiger partial charge in [0, 0.05) is 11.8 Å². The largest absolute Gasteiger partial charge is 0.472 e.